The second-order valence-electron chi connectivity index (χ2n) is 5.24. The zero-order valence-corrected chi connectivity index (χ0v) is 14.6. The molecule has 1 N–H and O–H groups in total. The summed E-state index contributed by atoms with van der Waals surface area (Å²) in [4.78, 5) is 27.4. The Morgan fingerprint density at radius 3 is 2.46 bits per heavy atom. The normalized spacial score (nSPS) is 14.9. The van der Waals surface area contributed by atoms with E-state index in [0.717, 1.165) is 5.56 Å². The van der Waals surface area contributed by atoms with Crippen LogP contribution in [0.1, 0.15) is 11.1 Å². The van der Waals surface area contributed by atoms with Crippen LogP contribution in [0.15, 0.2) is 53.2 Å². The van der Waals surface area contributed by atoms with Crippen molar-refractivity contribution in [1.29, 1.82) is 0 Å². The Hall–Kier alpha value is -2.83. The maximum Gasteiger partial charge on any atom is 0.368 e. The Labute approximate surface area is 158 Å². The number of benzene rings is 2. The number of carbonyl (C=O) groups is 2. The van der Waals surface area contributed by atoms with Gasteiger partial charge in [0.1, 0.15) is 5.71 Å². The number of hydrogen-bond acceptors (Lipinski definition) is 5. The van der Waals surface area contributed by atoms with Crippen LogP contribution >= 0.6 is 23.2 Å². The van der Waals surface area contributed by atoms with Gasteiger partial charge in [-0.05, 0) is 23.8 Å². The number of carboxylic acid groups (broad SMARTS) is 1. The summed E-state index contributed by atoms with van der Waals surface area (Å²) in [7, 11) is 0. The fourth-order valence-electron chi connectivity index (χ4n) is 2.31. The molecule has 0 unspecified atom stereocenters. The molecular weight excluding hydrogens is 381 g/mol. The molecule has 1 aliphatic heterocycles. The highest BCUT2D eigenvalue weighted by Gasteiger charge is 2.27. The van der Waals surface area contributed by atoms with Gasteiger partial charge in [-0.1, -0.05) is 58.7 Å². The molecule has 1 heterocycles. The standard InChI is InChI=1S/C18H11Cl2NO5/c19-13-7-10(8-14(20)17(13)25-9-15(22)23)6-12-16(21-26-18(12)24)11-4-2-1-3-5-11/h1-8H,9H2,(H,22,23)/b12-6-. The summed E-state index contributed by atoms with van der Waals surface area (Å²) in [6, 6.07) is 12.1. The first kappa shape index (κ1) is 18.0. The number of carboxylic acids is 1. The van der Waals surface area contributed by atoms with E-state index < -0.39 is 18.5 Å². The molecule has 0 bridgehead atoms. The zero-order chi connectivity index (χ0) is 18.7. The van der Waals surface area contributed by atoms with Gasteiger partial charge in [0.2, 0.25) is 0 Å². The summed E-state index contributed by atoms with van der Waals surface area (Å²) in [6.07, 6.45) is 1.54. The smallest absolute Gasteiger partial charge is 0.368 e. The lowest BCUT2D eigenvalue weighted by Gasteiger charge is -2.09. The molecule has 0 atom stereocenters. The molecule has 2 aromatic rings. The van der Waals surface area contributed by atoms with E-state index >= 15 is 0 Å². The minimum Gasteiger partial charge on any atom is -0.479 e. The average molecular weight is 392 g/mol. The second kappa shape index (κ2) is 7.59. The number of nitrogens with zero attached hydrogens (tertiary/aromatic N) is 1. The highest BCUT2D eigenvalue weighted by atomic mass is 35.5. The van der Waals surface area contributed by atoms with Crippen LogP contribution in [0.5, 0.6) is 5.75 Å². The monoisotopic (exact) mass is 391 g/mol. The van der Waals surface area contributed by atoms with E-state index in [4.69, 9.17) is 37.9 Å². The number of aliphatic carboxylic acids is 1. The predicted molar refractivity (Wildman–Crippen MR) is 96.6 cm³/mol. The topological polar surface area (TPSA) is 85.2 Å². The molecular formula is C18H11Cl2NO5. The minimum absolute atomic E-state index is 0.0591. The third-order valence-corrected chi connectivity index (χ3v) is 3.98. The summed E-state index contributed by atoms with van der Waals surface area (Å²) >= 11 is 12.2. The van der Waals surface area contributed by atoms with E-state index in [1.165, 1.54) is 12.1 Å². The van der Waals surface area contributed by atoms with Crippen LogP contribution in [0, 0.1) is 0 Å². The maximum atomic E-state index is 12.0. The summed E-state index contributed by atoms with van der Waals surface area (Å²) in [5.74, 6) is -1.69. The van der Waals surface area contributed by atoms with Gasteiger partial charge < -0.3 is 14.7 Å². The first-order valence-corrected chi connectivity index (χ1v) is 8.12. The van der Waals surface area contributed by atoms with Crippen LogP contribution in [0.4, 0.5) is 0 Å². The fourth-order valence-corrected chi connectivity index (χ4v) is 2.93. The molecule has 1 aliphatic rings. The summed E-state index contributed by atoms with van der Waals surface area (Å²) < 4.78 is 5.07. The number of hydrogen-bond donors (Lipinski definition) is 1. The third-order valence-electron chi connectivity index (χ3n) is 3.41. The Morgan fingerprint density at radius 2 is 1.85 bits per heavy atom. The molecule has 0 saturated heterocycles. The van der Waals surface area contributed by atoms with Crippen molar-refractivity contribution in [3.05, 3.63) is 69.2 Å². The quantitative estimate of drug-likeness (QED) is 0.618. The number of oxime groups is 1. The van der Waals surface area contributed by atoms with Gasteiger partial charge in [-0.3, -0.25) is 0 Å². The van der Waals surface area contributed by atoms with Gasteiger partial charge in [-0.2, -0.15) is 0 Å². The van der Waals surface area contributed by atoms with Gasteiger partial charge >= 0.3 is 11.9 Å². The molecule has 0 spiro atoms. The average Bonchev–Trinajstić information content (AvgIpc) is 2.95. The van der Waals surface area contributed by atoms with Crippen LogP contribution < -0.4 is 4.74 Å². The van der Waals surface area contributed by atoms with E-state index in [9.17, 15) is 9.59 Å². The van der Waals surface area contributed by atoms with Gasteiger partial charge in [0.15, 0.2) is 12.4 Å². The van der Waals surface area contributed by atoms with Crippen molar-refractivity contribution in [2.45, 2.75) is 0 Å². The summed E-state index contributed by atoms with van der Waals surface area (Å²) in [6.45, 7) is -0.572. The molecule has 0 fully saturated rings. The van der Waals surface area contributed by atoms with Crippen molar-refractivity contribution < 1.29 is 24.3 Å². The van der Waals surface area contributed by atoms with Crippen LogP contribution in [-0.2, 0) is 14.4 Å². The van der Waals surface area contributed by atoms with Crippen molar-refractivity contribution in [2.24, 2.45) is 5.16 Å². The molecule has 2 aromatic carbocycles. The van der Waals surface area contributed by atoms with Crippen molar-refractivity contribution in [3.63, 3.8) is 0 Å². The van der Waals surface area contributed by atoms with Gasteiger partial charge in [0, 0.05) is 5.56 Å². The third kappa shape index (κ3) is 3.87. The Morgan fingerprint density at radius 1 is 1.19 bits per heavy atom. The molecule has 0 aromatic heterocycles. The zero-order valence-electron chi connectivity index (χ0n) is 13.1. The lowest BCUT2D eigenvalue weighted by Crippen LogP contribution is -2.10. The lowest BCUT2D eigenvalue weighted by molar-refractivity contribution is -0.139. The Kier molecular flexibility index (Phi) is 5.25. The summed E-state index contributed by atoms with van der Waals surface area (Å²) in [5, 5.41) is 12.7. The largest absolute Gasteiger partial charge is 0.479 e. The highest BCUT2D eigenvalue weighted by Crippen LogP contribution is 2.35. The number of carbonyl (C=O) groups excluding carboxylic acids is 1. The molecule has 0 radical (unpaired) electrons. The SMILES string of the molecule is O=C(O)COc1c(Cl)cc(/C=C2\C(=O)ON=C2c2ccccc2)cc1Cl. The van der Waals surface area contributed by atoms with Crippen molar-refractivity contribution >= 4 is 46.9 Å². The maximum absolute atomic E-state index is 12.0. The molecule has 6 nitrogen and oxygen atoms in total. The molecule has 3 rings (SSSR count). The number of ether oxygens (including phenoxy) is 1. The molecule has 8 heteroatoms. The summed E-state index contributed by atoms with van der Waals surface area (Å²) in [5.41, 5.74) is 1.89. The molecule has 26 heavy (non-hydrogen) atoms. The Balaban J connectivity index is 1.95. The van der Waals surface area contributed by atoms with E-state index in [2.05, 4.69) is 5.16 Å². The van der Waals surface area contributed by atoms with E-state index in [-0.39, 0.29) is 21.4 Å². The van der Waals surface area contributed by atoms with Gasteiger partial charge in [0.05, 0.1) is 15.6 Å². The van der Waals surface area contributed by atoms with Crippen molar-refractivity contribution in [2.75, 3.05) is 6.61 Å². The minimum atomic E-state index is -1.15. The first-order valence-electron chi connectivity index (χ1n) is 7.36. The highest BCUT2D eigenvalue weighted by molar-refractivity contribution is 6.37. The predicted octanol–water partition coefficient (Wildman–Crippen LogP) is 3.80. The fraction of sp³-hybridized carbons (Fsp3) is 0.0556. The Bertz CT molecular complexity index is 915. The van der Waals surface area contributed by atoms with Crippen molar-refractivity contribution in [1.82, 2.24) is 0 Å². The van der Waals surface area contributed by atoms with Crippen LogP contribution in [0.3, 0.4) is 0 Å². The van der Waals surface area contributed by atoms with Crippen LogP contribution in [0.2, 0.25) is 10.0 Å². The number of halogens is 2. The van der Waals surface area contributed by atoms with Crippen LogP contribution in [0.25, 0.3) is 6.08 Å². The second-order valence-corrected chi connectivity index (χ2v) is 6.05. The first-order chi connectivity index (χ1) is 12.5. The van der Waals surface area contributed by atoms with Gasteiger partial charge in [-0.25, -0.2) is 9.59 Å². The van der Waals surface area contributed by atoms with E-state index in [1.807, 2.05) is 18.2 Å². The van der Waals surface area contributed by atoms with Crippen LogP contribution in [-0.4, -0.2) is 29.4 Å². The molecule has 0 aliphatic carbocycles. The number of rotatable bonds is 5. The molecule has 0 saturated carbocycles. The van der Waals surface area contributed by atoms with Gasteiger partial charge in [-0.15, -0.1) is 0 Å². The van der Waals surface area contributed by atoms with Gasteiger partial charge in [0.25, 0.3) is 0 Å². The van der Waals surface area contributed by atoms with E-state index in [0.29, 0.717) is 11.3 Å². The lowest BCUT2D eigenvalue weighted by atomic mass is 10.0. The van der Waals surface area contributed by atoms with E-state index in [1.54, 1.807) is 18.2 Å². The molecule has 0 amide bonds. The molecule has 132 valence electrons. The van der Waals surface area contributed by atoms with Crippen molar-refractivity contribution in [3.8, 4) is 5.75 Å².